The number of hydrogen-bond acceptors (Lipinski definition) is 6. The Morgan fingerprint density at radius 2 is 1.74 bits per heavy atom. The molecule has 2 amide bonds. The van der Waals surface area contributed by atoms with Gasteiger partial charge in [-0.1, -0.05) is 26.0 Å². The number of hydrogen-bond donors (Lipinski definition) is 2. The molecule has 1 aliphatic rings. The molecule has 1 heterocycles. The molecule has 0 aromatic heterocycles. The average molecular weight is 428 g/mol. The van der Waals surface area contributed by atoms with Crippen LogP contribution in [0.15, 0.2) is 42.5 Å². The Morgan fingerprint density at radius 1 is 1.03 bits per heavy atom. The van der Waals surface area contributed by atoms with Gasteiger partial charge in [0.05, 0.1) is 13.7 Å². The van der Waals surface area contributed by atoms with Gasteiger partial charge in [-0.2, -0.15) is 0 Å². The molecule has 2 N–H and O–H groups in total. The zero-order chi connectivity index (χ0) is 22.4. The Labute approximate surface area is 181 Å². The Morgan fingerprint density at radius 3 is 2.42 bits per heavy atom. The minimum Gasteiger partial charge on any atom is -0.493 e. The molecule has 0 saturated heterocycles. The van der Waals surface area contributed by atoms with E-state index < -0.39 is 24.0 Å². The lowest BCUT2D eigenvalue weighted by molar-refractivity contribution is -0.134. The summed E-state index contributed by atoms with van der Waals surface area (Å²) in [6.07, 6.45) is -0.511. The van der Waals surface area contributed by atoms with Gasteiger partial charge in [0.2, 0.25) is 6.10 Å². The van der Waals surface area contributed by atoms with Crippen LogP contribution in [0.2, 0.25) is 0 Å². The number of fused-ring (bicyclic) bond motifs is 1. The predicted octanol–water partition coefficient (Wildman–Crippen LogP) is 3.11. The van der Waals surface area contributed by atoms with Crippen LogP contribution < -0.4 is 29.8 Å². The molecule has 166 valence electrons. The molecular weight excluding hydrogens is 400 g/mol. The van der Waals surface area contributed by atoms with E-state index in [-0.39, 0.29) is 0 Å². The van der Waals surface area contributed by atoms with E-state index in [9.17, 15) is 9.59 Å². The third kappa shape index (κ3) is 5.59. The average Bonchev–Trinajstić information content (AvgIpc) is 2.76. The Balaban J connectivity index is 1.58. The number of hydrazine groups is 1. The topological polar surface area (TPSA) is 95.1 Å². The monoisotopic (exact) mass is 428 g/mol. The molecule has 31 heavy (non-hydrogen) atoms. The van der Waals surface area contributed by atoms with Crippen LogP contribution in [0.5, 0.6) is 23.0 Å². The van der Waals surface area contributed by atoms with Gasteiger partial charge >= 0.3 is 0 Å². The molecule has 8 heteroatoms. The maximum Gasteiger partial charge on any atom is 0.283 e. The summed E-state index contributed by atoms with van der Waals surface area (Å²) >= 11 is 0. The summed E-state index contributed by atoms with van der Waals surface area (Å²) in [4.78, 5) is 25.0. The number of para-hydroxylation sites is 2. The van der Waals surface area contributed by atoms with Gasteiger partial charge in [-0.3, -0.25) is 20.4 Å². The molecule has 0 spiro atoms. The Hall–Kier alpha value is -3.42. The summed E-state index contributed by atoms with van der Waals surface area (Å²) in [5.41, 5.74) is 5.11. The summed E-state index contributed by atoms with van der Waals surface area (Å²) in [6, 6.07) is 11.9. The fourth-order valence-electron chi connectivity index (χ4n) is 3.00. The minimum absolute atomic E-state index is 0.313. The summed E-state index contributed by atoms with van der Waals surface area (Å²) in [5, 5.41) is 0. The van der Waals surface area contributed by atoms with Crippen molar-refractivity contribution in [3.8, 4) is 23.0 Å². The van der Waals surface area contributed by atoms with Crippen molar-refractivity contribution in [2.24, 2.45) is 5.92 Å². The zero-order valence-corrected chi connectivity index (χ0v) is 18.1. The highest BCUT2D eigenvalue weighted by atomic mass is 16.6. The summed E-state index contributed by atoms with van der Waals surface area (Å²) in [7, 11) is 1.51. The lowest BCUT2D eigenvalue weighted by Gasteiger charge is -2.30. The van der Waals surface area contributed by atoms with E-state index in [1.54, 1.807) is 43.3 Å². The van der Waals surface area contributed by atoms with Crippen molar-refractivity contribution in [1.29, 1.82) is 0 Å². The standard InChI is InChI=1S/C23H28N2O6/c1-14(2)11-12-29-17-10-9-16(13-20(17)28-4)22(26)24-25-23(27)21-15(3)30-18-7-5-6-8-19(18)31-21/h5-10,13-15,21H,11-12H2,1-4H3,(H,24,26)(H,25,27). The summed E-state index contributed by atoms with van der Waals surface area (Å²) in [6.45, 7) is 6.52. The lowest BCUT2D eigenvalue weighted by atomic mass is 10.1. The van der Waals surface area contributed by atoms with Crippen LogP contribution in [0.4, 0.5) is 0 Å². The molecule has 2 atom stereocenters. The zero-order valence-electron chi connectivity index (χ0n) is 18.1. The smallest absolute Gasteiger partial charge is 0.283 e. The van der Waals surface area contributed by atoms with Gasteiger partial charge in [-0.05, 0) is 49.6 Å². The molecule has 0 saturated carbocycles. The first-order chi connectivity index (χ1) is 14.9. The second-order valence-electron chi connectivity index (χ2n) is 7.65. The van der Waals surface area contributed by atoms with Crippen LogP contribution in [0.3, 0.4) is 0 Å². The molecule has 2 aromatic rings. The first-order valence-electron chi connectivity index (χ1n) is 10.2. The summed E-state index contributed by atoms with van der Waals surface area (Å²) < 4.78 is 22.5. The predicted molar refractivity (Wildman–Crippen MR) is 115 cm³/mol. The molecular formula is C23H28N2O6. The molecule has 8 nitrogen and oxygen atoms in total. The maximum atomic E-state index is 12.5. The van der Waals surface area contributed by atoms with Gasteiger partial charge in [0.1, 0.15) is 6.10 Å². The van der Waals surface area contributed by atoms with Crippen LogP contribution in [0.25, 0.3) is 0 Å². The van der Waals surface area contributed by atoms with Crippen molar-refractivity contribution in [2.75, 3.05) is 13.7 Å². The van der Waals surface area contributed by atoms with Gasteiger partial charge in [0.15, 0.2) is 23.0 Å². The molecule has 0 fully saturated rings. The number of methoxy groups -OCH3 is 1. The molecule has 2 aromatic carbocycles. The van der Waals surface area contributed by atoms with Crippen molar-refractivity contribution < 1.29 is 28.5 Å². The highest BCUT2D eigenvalue weighted by Gasteiger charge is 2.34. The Kier molecular flexibility index (Phi) is 7.23. The van der Waals surface area contributed by atoms with Crippen molar-refractivity contribution in [2.45, 2.75) is 39.4 Å². The van der Waals surface area contributed by atoms with E-state index in [2.05, 4.69) is 24.7 Å². The van der Waals surface area contributed by atoms with E-state index in [0.717, 1.165) is 6.42 Å². The van der Waals surface area contributed by atoms with Crippen LogP contribution in [0, 0.1) is 5.92 Å². The number of amides is 2. The largest absolute Gasteiger partial charge is 0.493 e. The van der Waals surface area contributed by atoms with E-state index in [4.69, 9.17) is 18.9 Å². The van der Waals surface area contributed by atoms with Crippen LogP contribution in [-0.2, 0) is 4.79 Å². The molecule has 2 unspecified atom stereocenters. The Bertz CT molecular complexity index is 930. The van der Waals surface area contributed by atoms with Gasteiger partial charge in [-0.25, -0.2) is 0 Å². The highest BCUT2D eigenvalue weighted by molar-refractivity contribution is 5.96. The fourth-order valence-corrected chi connectivity index (χ4v) is 3.00. The second-order valence-corrected chi connectivity index (χ2v) is 7.65. The first-order valence-corrected chi connectivity index (χ1v) is 10.2. The van der Waals surface area contributed by atoms with Gasteiger partial charge < -0.3 is 18.9 Å². The third-order valence-corrected chi connectivity index (χ3v) is 4.78. The number of carbonyl (C=O) groups is 2. The van der Waals surface area contributed by atoms with Crippen molar-refractivity contribution in [3.63, 3.8) is 0 Å². The molecule has 0 radical (unpaired) electrons. The number of nitrogens with one attached hydrogen (secondary N) is 2. The minimum atomic E-state index is -0.901. The quantitative estimate of drug-likeness (QED) is 0.658. The SMILES string of the molecule is COc1cc(C(=O)NNC(=O)C2Oc3ccccc3OC2C)ccc1OCCC(C)C. The third-order valence-electron chi connectivity index (χ3n) is 4.78. The van der Waals surface area contributed by atoms with Crippen molar-refractivity contribution in [1.82, 2.24) is 10.9 Å². The van der Waals surface area contributed by atoms with Gasteiger partial charge in [-0.15, -0.1) is 0 Å². The van der Waals surface area contributed by atoms with E-state index >= 15 is 0 Å². The molecule has 3 rings (SSSR count). The van der Waals surface area contributed by atoms with E-state index in [1.807, 2.05) is 6.07 Å². The lowest BCUT2D eigenvalue weighted by Crippen LogP contribution is -2.53. The number of rotatable bonds is 7. The molecule has 0 aliphatic carbocycles. The number of ether oxygens (including phenoxy) is 4. The summed E-state index contributed by atoms with van der Waals surface area (Å²) in [5.74, 6) is 1.56. The molecule has 1 aliphatic heterocycles. The van der Waals surface area contributed by atoms with Crippen molar-refractivity contribution in [3.05, 3.63) is 48.0 Å². The van der Waals surface area contributed by atoms with E-state index in [1.165, 1.54) is 7.11 Å². The maximum absolute atomic E-state index is 12.5. The highest BCUT2D eigenvalue weighted by Crippen LogP contribution is 2.33. The van der Waals surface area contributed by atoms with Crippen molar-refractivity contribution >= 4 is 11.8 Å². The fraction of sp³-hybridized carbons (Fsp3) is 0.391. The van der Waals surface area contributed by atoms with Crippen LogP contribution >= 0.6 is 0 Å². The van der Waals surface area contributed by atoms with Crippen LogP contribution in [0.1, 0.15) is 37.6 Å². The first kappa shape index (κ1) is 22.3. The number of benzene rings is 2. The van der Waals surface area contributed by atoms with Gasteiger partial charge in [0, 0.05) is 5.56 Å². The van der Waals surface area contributed by atoms with Gasteiger partial charge in [0.25, 0.3) is 11.8 Å². The normalized spacial score (nSPS) is 17.1. The second kappa shape index (κ2) is 10.1. The number of carbonyl (C=O) groups excluding carboxylic acids is 2. The van der Waals surface area contributed by atoms with Crippen LogP contribution in [-0.4, -0.2) is 37.7 Å². The van der Waals surface area contributed by atoms with E-state index in [0.29, 0.717) is 41.1 Å². The molecule has 0 bridgehead atoms.